The number of carbonyl (C=O) groups is 1. The van der Waals surface area contributed by atoms with Gasteiger partial charge in [-0.25, -0.2) is 0 Å². The molecule has 1 N–H and O–H groups in total. The van der Waals surface area contributed by atoms with Crippen LogP contribution in [0.25, 0.3) is 0 Å². The van der Waals surface area contributed by atoms with Crippen LogP contribution in [0, 0.1) is 0 Å². The Kier molecular flexibility index (Phi) is 6.12. The van der Waals surface area contributed by atoms with Crippen molar-refractivity contribution in [3.8, 4) is 11.5 Å². The SMILES string of the molecule is CCN(CC)CCNC(=O)[C@@H]1Oc2ccccc2O[C@H]1c1ccccc1. The zero-order chi connectivity index (χ0) is 18.4. The van der Waals surface area contributed by atoms with Gasteiger partial charge in [-0.1, -0.05) is 56.3 Å². The molecule has 5 nitrogen and oxygen atoms in total. The number of rotatable bonds is 7. The molecule has 0 saturated carbocycles. The number of fused-ring (bicyclic) bond motifs is 1. The number of ether oxygens (including phenoxy) is 2. The average Bonchev–Trinajstić information content (AvgIpc) is 2.70. The van der Waals surface area contributed by atoms with Crippen molar-refractivity contribution in [2.45, 2.75) is 26.1 Å². The normalized spacial score (nSPS) is 18.6. The Bertz CT molecular complexity index is 716. The third-order valence-corrected chi connectivity index (χ3v) is 4.64. The molecule has 0 radical (unpaired) electrons. The minimum atomic E-state index is -0.719. The molecule has 5 heteroatoms. The van der Waals surface area contributed by atoms with Crippen LogP contribution in [0.4, 0.5) is 0 Å². The Morgan fingerprint density at radius 3 is 2.23 bits per heavy atom. The highest BCUT2D eigenvalue weighted by molar-refractivity contribution is 5.82. The summed E-state index contributed by atoms with van der Waals surface area (Å²) >= 11 is 0. The van der Waals surface area contributed by atoms with Gasteiger partial charge in [0.05, 0.1) is 0 Å². The molecule has 3 rings (SSSR count). The van der Waals surface area contributed by atoms with E-state index in [0.717, 1.165) is 25.2 Å². The Labute approximate surface area is 154 Å². The van der Waals surface area contributed by atoms with Gasteiger partial charge in [0.15, 0.2) is 17.6 Å². The van der Waals surface area contributed by atoms with Gasteiger partial charge in [-0.05, 0) is 30.8 Å². The zero-order valence-electron chi connectivity index (χ0n) is 15.4. The highest BCUT2D eigenvalue weighted by Gasteiger charge is 2.37. The van der Waals surface area contributed by atoms with Crippen LogP contribution in [-0.4, -0.2) is 43.1 Å². The molecule has 2 aromatic rings. The predicted octanol–water partition coefficient (Wildman–Crippen LogP) is 3.03. The summed E-state index contributed by atoms with van der Waals surface area (Å²) in [5.41, 5.74) is 0.922. The first-order valence-electron chi connectivity index (χ1n) is 9.20. The number of benzene rings is 2. The van der Waals surface area contributed by atoms with E-state index in [0.29, 0.717) is 18.0 Å². The van der Waals surface area contributed by atoms with E-state index in [2.05, 4.69) is 24.1 Å². The minimum absolute atomic E-state index is 0.152. The van der Waals surface area contributed by atoms with Gasteiger partial charge in [-0.3, -0.25) is 4.79 Å². The largest absolute Gasteiger partial charge is 0.477 e. The number of amides is 1. The molecule has 2 aromatic carbocycles. The minimum Gasteiger partial charge on any atom is -0.477 e. The van der Waals surface area contributed by atoms with E-state index in [-0.39, 0.29) is 5.91 Å². The fourth-order valence-corrected chi connectivity index (χ4v) is 3.10. The van der Waals surface area contributed by atoms with Gasteiger partial charge in [0.25, 0.3) is 5.91 Å². The second kappa shape index (κ2) is 8.72. The standard InChI is InChI=1S/C21H26N2O3/c1-3-23(4-2)15-14-22-21(24)20-19(16-10-6-5-7-11-16)25-17-12-8-9-13-18(17)26-20/h5-13,19-20H,3-4,14-15H2,1-2H3,(H,22,24)/t19-,20+/m0/s1. The highest BCUT2D eigenvalue weighted by Crippen LogP contribution is 2.39. The number of hydrogen-bond donors (Lipinski definition) is 1. The Morgan fingerprint density at radius 2 is 1.58 bits per heavy atom. The van der Waals surface area contributed by atoms with Crippen LogP contribution in [0.15, 0.2) is 54.6 Å². The molecule has 0 aromatic heterocycles. The summed E-state index contributed by atoms with van der Waals surface area (Å²) in [7, 11) is 0. The number of carbonyl (C=O) groups excluding carboxylic acids is 1. The van der Waals surface area contributed by atoms with Gasteiger partial charge in [-0.15, -0.1) is 0 Å². The van der Waals surface area contributed by atoms with Crippen molar-refractivity contribution in [1.82, 2.24) is 10.2 Å². The van der Waals surface area contributed by atoms with E-state index in [1.54, 1.807) is 0 Å². The number of para-hydroxylation sites is 2. The van der Waals surface area contributed by atoms with E-state index < -0.39 is 12.2 Å². The van der Waals surface area contributed by atoms with Crippen LogP contribution in [-0.2, 0) is 4.79 Å². The molecule has 0 aliphatic carbocycles. The molecule has 1 heterocycles. The fraction of sp³-hybridized carbons (Fsp3) is 0.381. The summed E-state index contributed by atoms with van der Waals surface area (Å²) in [4.78, 5) is 15.1. The van der Waals surface area contributed by atoms with E-state index in [9.17, 15) is 4.79 Å². The second-order valence-electron chi connectivity index (χ2n) is 6.25. The Morgan fingerprint density at radius 1 is 0.962 bits per heavy atom. The lowest BCUT2D eigenvalue weighted by molar-refractivity contribution is -0.134. The first-order chi connectivity index (χ1) is 12.7. The molecule has 26 heavy (non-hydrogen) atoms. The summed E-state index contributed by atoms with van der Waals surface area (Å²) in [5, 5.41) is 3.00. The van der Waals surface area contributed by atoms with Gasteiger partial charge in [0.2, 0.25) is 6.10 Å². The summed E-state index contributed by atoms with van der Waals surface area (Å²) in [6.45, 7) is 7.57. The zero-order valence-corrected chi connectivity index (χ0v) is 15.4. The van der Waals surface area contributed by atoms with Crippen LogP contribution in [0.3, 0.4) is 0 Å². The van der Waals surface area contributed by atoms with Crippen molar-refractivity contribution in [3.63, 3.8) is 0 Å². The summed E-state index contributed by atoms with van der Waals surface area (Å²) in [6, 6.07) is 17.2. The van der Waals surface area contributed by atoms with Gasteiger partial charge in [0, 0.05) is 13.1 Å². The molecule has 0 unspecified atom stereocenters. The van der Waals surface area contributed by atoms with Crippen molar-refractivity contribution in [1.29, 1.82) is 0 Å². The van der Waals surface area contributed by atoms with E-state index in [1.165, 1.54) is 0 Å². The average molecular weight is 354 g/mol. The fourth-order valence-electron chi connectivity index (χ4n) is 3.10. The Hall–Kier alpha value is -2.53. The molecule has 0 bridgehead atoms. The molecule has 1 aliphatic heterocycles. The van der Waals surface area contributed by atoms with Gasteiger partial charge in [0.1, 0.15) is 0 Å². The summed E-state index contributed by atoms with van der Waals surface area (Å²) in [5.74, 6) is 1.11. The van der Waals surface area contributed by atoms with Crippen LogP contribution in [0.5, 0.6) is 11.5 Å². The molecule has 138 valence electrons. The topological polar surface area (TPSA) is 50.8 Å². The molecule has 2 atom stereocenters. The third-order valence-electron chi connectivity index (χ3n) is 4.64. The van der Waals surface area contributed by atoms with E-state index >= 15 is 0 Å². The maximum Gasteiger partial charge on any atom is 0.265 e. The number of hydrogen-bond acceptors (Lipinski definition) is 4. The molecule has 0 fully saturated rings. The van der Waals surface area contributed by atoms with Gasteiger partial charge < -0.3 is 19.7 Å². The van der Waals surface area contributed by atoms with E-state index in [4.69, 9.17) is 9.47 Å². The lowest BCUT2D eigenvalue weighted by atomic mass is 10.0. The smallest absolute Gasteiger partial charge is 0.265 e. The first-order valence-corrected chi connectivity index (χ1v) is 9.20. The molecular formula is C21H26N2O3. The molecule has 0 saturated heterocycles. The molecule has 1 aliphatic rings. The van der Waals surface area contributed by atoms with Crippen LogP contribution < -0.4 is 14.8 Å². The van der Waals surface area contributed by atoms with Crippen LogP contribution in [0.2, 0.25) is 0 Å². The maximum absolute atomic E-state index is 12.8. The first kappa shape index (κ1) is 18.3. The molecule has 0 spiro atoms. The lowest BCUT2D eigenvalue weighted by Crippen LogP contribution is -2.47. The van der Waals surface area contributed by atoms with Crippen LogP contribution in [0.1, 0.15) is 25.5 Å². The van der Waals surface area contributed by atoms with Gasteiger partial charge in [-0.2, -0.15) is 0 Å². The second-order valence-corrected chi connectivity index (χ2v) is 6.25. The monoisotopic (exact) mass is 354 g/mol. The van der Waals surface area contributed by atoms with Crippen LogP contribution >= 0.6 is 0 Å². The molecular weight excluding hydrogens is 328 g/mol. The predicted molar refractivity (Wildman–Crippen MR) is 101 cm³/mol. The number of nitrogens with one attached hydrogen (secondary N) is 1. The van der Waals surface area contributed by atoms with Crippen molar-refractivity contribution >= 4 is 5.91 Å². The highest BCUT2D eigenvalue weighted by atomic mass is 16.6. The van der Waals surface area contributed by atoms with Gasteiger partial charge >= 0.3 is 0 Å². The van der Waals surface area contributed by atoms with Crippen molar-refractivity contribution in [3.05, 3.63) is 60.2 Å². The Balaban J connectivity index is 1.75. The number of nitrogens with zero attached hydrogens (tertiary/aromatic N) is 1. The third kappa shape index (κ3) is 4.17. The lowest BCUT2D eigenvalue weighted by Gasteiger charge is -2.33. The van der Waals surface area contributed by atoms with Crippen molar-refractivity contribution in [2.24, 2.45) is 0 Å². The van der Waals surface area contributed by atoms with Crippen molar-refractivity contribution in [2.75, 3.05) is 26.2 Å². The maximum atomic E-state index is 12.8. The summed E-state index contributed by atoms with van der Waals surface area (Å²) in [6.07, 6.45) is -1.19. The molecule has 1 amide bonds. The quantitative estimate of drug-likeness (QED) is 0.830. The number of likely N-dealkylation sites (N-methyl/N-ethyl adjacent to an activating group) is 1. The van der Waals surface area contributed by atoms with E-state index in [1.807, 2.05) is 54.6 Å². The summed E-state index contributed by atoms with van der Waals surface area (Å²) < 4.78 is 12.1. The van der Waals surface area contributed by atoms with Crippen molar-refractivity contribution < 1.29 is 14.3 Å².